The number of carbonyl (C=O) groups excluding carboxylic acids is 4. The monoisotopic (exact) mass is 831 g/mol. The number of nitrogens with zero attached hydrogens (tertiary/aromatic N) is 2. The molecule has 0 saturated carbocycles. The lowest BCUT2D eigenvalue weighted by Gasteiger charge is -2.28. The molecule has 1 aliphatic heterocycles. The highest BCUT2D eigenvalue weighted by atomic mass is 16.5. The van der Waals surface area contributed by atoms with Crippen molar-refractivity contribution in [1.29, 1.82) is 0 Å². The molecule has 4 N–H and O–H groups in total. The van der Waals surface area contributed by atoms with E-state index in [-0.39, 0.29) is 51.3 Å². The van der Waals surface area contributed by atoms with Crippen LogP contribution in [0.1, 0.15) is 79.2 Å². The first kappa shape index (κ1) is 48.0. The minimum absolute atomic E-state index is 0.0792. The van der Waals surface area contributed by atoms with E-state index in [0.717, 1.165) is 76.9 Å². The van der Waals surface area contributed by atoms with Gasteiger partial charge in [0.15, 0.2) is 0 Å². The van der Waals surface area contributed by atoms with Gasteiger partial charge >= 0.3 is 0 Å². The molecule has 0 radical (unpaired) electrons. The molecule has 0 unspecified atom stereocenters. The van der Waals surface area contributed by atoms with Gasteiger partial charge in [0.1, 0.15) is 0 Å². The molecule has 3 aromatic rings. The van der Waals surface area contributed by atoms with E-state index >= 15 is 0 Å². The summed E-state index contributed by atoms with van der Waals surface area (Å²) in [6.07, 6.45) is 7.10. The molecule has 14 heteroatoms. The molecule has 0 atom stereocenters. The van der Waals surface area contributed by atoms with Gasteiger partial charge in [0.2, 0.25) is 6.41 Å². The Morgan fingerprint density at radius 1 is 0.767 bits per heavy atom. The molecule has 0 saturated heterocycles. The highest BCUT2D eigenvalue weighted by molar-refractivity contribution is 6.25. The van der Waals surface area contributed by atoms with Crippen molar-refractivity contribution in [3.63, 3.8) is 0 Å². The zero-order valence-corrected chi connectivity index (χ0v) is 36.0. The summed E-state index contributed by atoms with van der Waals surface area (Å²) < 4.78 is 27.4. The van der Waals surface area contributed by atoms with Crippen LogP contribution in [0.4, 0.5) is 11.4 Å². The highest BCUT2D eigenvalue weighted by Crippen LogP contribution is 2.30. The number of amides is 4. The molecule has 0 aromatic heterocycles. The number of hydrogen-bond donors (Lipinski definition) is 3. The maximum absolute atomic E-state index is 13.5. The number of fused-ring (bicyclic) bond motifs is 1. The summed E-state index contributed by atoms with van der Waals surface area (Å²) in [5.41, 5.74) is 9.78. The van der Waals surface area contributed by atoms with Crippen LogP contribution >= 0.6 is 0 Å². The Kier molecular flexibility index (Phi) is 21.2. The van der Waals surface area contributed by atoms with Crippen molar-refractivity contribution in [1.82, 2.24) is 9.80 Å². The number of ether oxygens (including phenoxy) is 5. The minimum atomic E-state index is -0.391. The van der Waals surface area contributed by atoms with Gasteiger partial charge in [0.05, 0.1) is 65.9 Å². The average molecular weight is 832 g/mol. The van der Waals surface area contributed by atoms with Crippen LogP contribution in [0.2, 0.25) is 0 Å². The molecule has 4 amide bonds. The molecule has 5 rings (SSSR count). The number of anilines is 2. The van der Waals surface area contributed by atoms with Gasteiger partial charge in [-0.25, -0.2) is 0 Å². The number of imide groups is 2. The summed E-state index contributed by atoms with van der Waals surface area (Å²) in [5, 5.41) is 10.1. The Balaban J connectivity index is 0.00000104. The Bertz CT molecular complexity index is 1980. The molecular formula is C46H65N5O9. The van der Waals surface area contributed by atoms with Crippen molar-refractivity contribution in [2.24, 2.45) is 5.73 Å². The van der Waals surface area contributed by atoms with E-state index in [0.29, 0.717) is 80.7 Å². The van der Waals surface area contributed by atoms with Gasteiger partial charge in [0, 0.05) is 76.7 Å². The van der Waals surface area contributed by atoms with Crippen LogP contribution in [0, 0.1) is 6.92 Å². The predicted octanol–water partition coefficient (Wildman–Crippen LogP) is 4.24. The van der Waals surface area contributed by atoms with Crippen molar-refractivity contribution in [2.75, 3.05) is 109 Å². The predicted molar refractivity (Wildman–Crippen MR) is 236 cm³/mol. The molecule has 0 spiro atoms. The maximum Gasteiger partial charge on any atom is 0.261 e. The smallest absolute Gasteiger partial charge is 0.261 e. The van der Waals surface area contributed by atoms with Crippen LogP contribution in [0.5, 0.6) is 0 Å². The third-order valence-corrected chi connectivity index (χ3v) is 9.90. The van der Waals surface area contributed by atoms with E-state index < -0.39 is 5.91 Å². The number of nitrogens with one attached hydrogen (secondary N) is 2. The normalized spacial score (nSPS) is 13.1. The van der Waals surface area contributed by atoms with Gasteiger partial charge in [-0.2, -0.15) is 0 Å². The van der Waals surface area contributed by atoms with Crippen LogP contribution in [-0.4, -0.2) is 133 Å². The maximum atomic E-state index is 13.5. The molecule has 14 nitrogen and oxygen atoms in total. The summed E-state index contributed by atoms with van der Waals surface area (Å²) >= 11 is 0. The molecule has 328 valence electrons. The standard InChI is InChI=1S/C40H51N5O8.C6H14O/c1-3-15-42-34-12-10-32(36-28(2)6-4-7-29(34)36)38(47)44(27-46)17-21-52-25-26-53-22-18-45-39(48)31-9-5-8-30-35(13-11-33(37(30)31)40(45)49)43-16-20-51-24-23-50-19-14-41;1-3-5-7-6-4-2/h4,6-8,10-13,27,42-43H,3,5,9,14-26,41H2,1-2H3;3-6H2,1-2H3. The summed E-state index contributed by atoms with van der Waals surface area (Å²) in [6, 6.07) is 13.2. The average Bonchev–Trinajstić information content (AvgIpc) is 3.26. The number of hydrogen-bond acceptors (Lipinski definition) is 12. The third-order valence-electron chi connectivity index (χ3n) is 9.90. The molecule has 1 aliphatic carbocycles. The number of rotatable bonds is 27. The van der Waals surface area contributed by atoms with Gasteiger partial charge in [-0.1, -0.05) is 45.0 Å². The van der Waals surface area contributed by atoms with Crippen molar-refractivity contribution in [3.05, 3.63) is 69.6 Å². The second-order valence-electron chi connectivity index (χ2n) is 14.4. The molecule has 60 heavy (non-hydrogen) atoms. The Morgan fingerprint density at radius 3 is 2.13 bits per heavy atom. The lowest BCUT2D eigenvalue weighted by atomic mass is 9.91. The second-order valence-corrected chi connectivity index (χ2v) is 14.4. The minimum Gasteiger partial charge on any atom is -0.385 e. The summed E-state index contributed by atoms with van der Waals surface area (Å²) in [7, 11) is 0. The van der Waals surface area contributed by atoms with E-state index in [1.165, 1.54) is 4.90 Å². The summed E-state index contributed by atoms with van der Waals surface area (Å²) in [5.74, 6) is -1.02. The van der Waals surface area contributed by atoms with Crippen LogP contribution in [0.15, 0.2) is 42.5 Å². The van der Waals surface area contributed by atoms with Crippen LogP contribution in [-0.2, 0) is 33.3 Å². The fraction of sp³-hybridized carbons (Fsp3) is 0.522. The van der Waals surface area contributed by atoms with Crippen LogP contribution in [0.25, 0.3) is 22.4 Å². The number of nitrogens with two attached hydrogens (primary N) is 1. The lowest BCUT2D eigenvalue weighted by Crippen LogP contribution is -2.52. The van der Waals surface area contributed by atoms with Crippen molar-refractivity contribution >= 4 is 57.9 Å². The Morgan fingerprint density at radius 2 is 1.43 bits per heavy atom. The van der Waals surface area contributed by atoms with Gasteiger partial charge < -0.3 is 40.1 Å². The Labute approximate surface area is 354 Å². The topological polar surface area (TPSA) is 171 Å². The number of carbonyl (C=O) groups is 4. The fourth-order valence-corrected chi connectivity index (χ4v) is 7.03. The first-order valence-electron chi connectivity index (χ1n) is 21.4. The fourth-order valence-electron chi connectivity index (χ4n) is 7.03. The van der Waals surface area contributed by atoms with Crippen LogP contribution in [0.3, 0.4) is 0 Å². The van der Waals surface area contributed by atoms with E-state index in [2.05, 4.69) is 37.5 Å². The van der Waals surface area contributed by atoms with E-state index in [1.54, 1.807) is 12.1 Å². The van der Waals surface area contributed by atoms with E-state index in [9.17, 15) is 19.2 Å². The summed E-state index contributed by atoms with van der Waals surface area (Å²) in [4.78, 5) is 54.7. The molecule has 0 bridgehead atoms. The van der Waals surface area contributed by atoms with Gasteiger partial charge in [-0.3, -0.25) is 29.0 Å². The Hall–Kier alpha value is -4.70. The number of benzene rings is 3. The highest BCUT2D eigenvalue weighted by Gasteiger charge is 2.33. The van der Waals surface area contributed by atoms with Gasteiger partial charge in [-0.15, -0.1) is 0 Å². The molecule has 3 aromatic carbocycles. The van der Waals surface area contributed by atoms with E-state index in [1.807, 2.05) is 37.3 Å². The zero-order chi connectivity index (χ0) is 43.1. The SMILES string of the molecule is CCCNc1ccc(C(=O)N(C=O)CCOCCOCCN2C(=O)C3=c4c(ccc(NCCOCCOCCN)c4=CCC3)C2=O)c2c(C)cccc12.CCCOCCC. The lowest BCUT2D eigenvalue weighted by molar-refractivity contribution is -0.124. The number of aryl methyl sites for hydroxylation is 1. The van der Waals surface area contributed by atoms with E-state index in [4.69, 9.17) is 29.4 Å². The van der Waals surface area contributed by atoms with Crippen LogP contribution < -0.4 is 26.8 Å². The molecule has 1 heterocycles. The molecular weight excluding hydrogens is 767 g/mol. The third kappa shape index (κ3) is 13.4. The first-order valence-corrected chi connectivity index (χ1v) is 21.4. The van der Waals surface area contributed by atoms with Crippen molar-refractivity contribution in [3.8, 4) is 0 Å². The zero-order valence-electron chi connectivity index (χ0n) is 36.0. The summed E-state index contributed by atoms with van der Waals surface area (Å²) in [6.45, 7) is 14.8. The largest absolute Gasteiger partial charge is 0.385 e. The van der Waals surface area contributed by atoms with Gasteiger partial charge in [-0.05, 0) is 74.2 Å². The molecule has 0 fully saturated rings. The first-order chi connectivity index (χ1) is 29.3. The second kappa shape index (κ2) is 26.5. The van der Waals surface area contributed by atoms with Crippen molar-refractivity contribution in [2.45, 2.75) is 59.8 Å². The van der Waals surface area contributed by atoms with Crippen molar-refractivity contribution < 1.29 is 42.9 Å². The quantitative estimate of drug-likeness (QED) is 0.0569. The molecule has 2 aliphatic rings. The van der Waals surface area contributed by atoms with Gasteiger partial charge in [0.25, 0.3) is 17.7 Å².